The number of hydrogen-bond acceptors (Lipinski definition) is 2. The molecular formula is C18H28FNO. The largest absolute Gasteiger partial charge is 0.374 e. The number of benzene rings is 1. The van der Waals surface area contributed by atoms with Gasteiger partial charge in [0, 0.05) is 12.6 Å². The van der Waals surface area contributed by atoms with Gasteiger partial charge in [-0.15, -0.1) is 0 Å². The van der Waals surface area contributed by atoms with Gasteiger partial charge in [0.15, 0.2) is 0 Å². The molecule has 1 fully saturated rings. The SMILES string of the molecule is CCOC1(C(Cc2cccc(F)c2)NC)CCCCCC1. The zero-order valence-electron chi connectivity index (χ0n) is 13.3. The molecule has 1 saturated carbocycles. The number of halogens is 1. The van der Waals surface area contributed by atoms with Crippen LogP contribution in [0.4, 0.5) is 4.39 Å². The molecule has 0 aromatic heterocycles. The van der Waals surface area contributed by atoms with Crippen molar-refractivity contribution in [3.63, 3.8) is 0 Å². The van der Waals surface area contributed by atoms with E-state index in [2.05, 4.69) is 12.2 Å². The summed E-state index contributed by atoms with van der Waals surface area (Å²) in [5, 5.41) is 3.45. The minimum Gasteiger partial charge on any atom is -0.374 e. The van der Waals surface area contributed by atoms with Gasteiger partial charge in [-0.2, -0.15) is 0 Å². The third kappa shape index (κ3) is 4.27. The van der Waals surface area contributed by atoms with Crippen LogP contribution in [0.15, 0.2) is 24.3 Å². The lowest BCUT2D eigenvalue weighted by atomic mass is 9.82. The summed E-state index contributed by atoms with van der Waals surface area (Å²) in [6, 6.07) is 7.17. The molecule has 1 N–H and O–H groups in total. The molecule has 0 spiro atoms. The third-order valence-corrected chi connectivity index (χ3v) is 4.69. The molecule has 1 aromatic rings. The van der Waals surface area contributed by atoms with Crippen LogP contribution in [0, 0.1) is 5.82 Å². The molecule has 3 heteroatoms. The Morgan fingerprint density at radius 2 is 1.95 bits per heavy atom. The lowest BCUT2D eigenvalue weighted by Crippen LogP contribution is -2.52. The Morgan fingerprint density at radius 3 is 2.52 bits per heavy atom. The summed E-state index contributed by atoms with van der Waals surface area (Å²) in [4.78, 5) is 0. The molecule has 0 radical (unpaired) electrons. The number of rotatable bonds is 6. The predicted molar refractivity (Wildman–Crippen MR) is 85.0 cm³/mol. The molecule has 2 rings (SSSR count). The fourth-order valence-corrected chi connectivity index (χ4v) is 3.66. The van der Waals surface area contributed by atoms with Gasteiger partial charge in [0.05, 0.1) is 5.60 Å². The molecular weight excluding hydrogens is 265 g/mol. The van der Waals surface area contributed by atoms with Crippen molar-refractivity contribution in [3.05, 3.63) is 35.6 Å². The van der Waals surface area contributed by atoms with Crippen LogP contribution in [0.2, 0.25) is 0 Å². The number of hydrogen-bond donors (Lipinski definition) is 1. The van der Waals surface area contributed by atoms with Gasteiger partial charge in [0.25, 0.3) is 0 Å². The van der Waals surface area contributed by atoms with Crippen LogP contribution in [-0.2, 0) is 11.2 Å². The molecule has 118 valence electrons. The van der Waals surface area contributed by atoms with Crippen LogP contribution >= 0.6 is 0 Å². The highest BCUT2D eigenvalue weighted by atomic mass is 19.1. The number of likely N-dealkylation sites (N-methyl/N-ethyl adjacent to an activating group) is 1. The van der Waals surface area contributed by atoms with Crippen molar-refractivity contribution in [2.24, 2.45) is 0 Å². The zero-order valence-corrected chi connectivity index (χ0v) is 13.3. The molecule has 1 aliphatic rings. The van der Waals surface area contributed by atoms with Crippen molar-refractivity contribution >= 4 is 0 Å². The van der Waals surface area contributed by atoms with Crippen LogP contribution < -0.4 is 5.32 Å². The van der Waals surface area contributed by atoms with Gasteiger partial charge in [0.1, 0.15) is 5.82 Å². The van der Waals surface area contributed by atoms with E-state index in [4.69, 9.17) is 4.74 Å². The van der Waals surface area contributed by atoms with E-state index in [1.54, 1.807) is 12.1 Å². The number of ether oxygens (including phenoxy) is 1. The second-order valence-electron chi connectivity index (χ2n) is 6.09. The molecule has 1 aromatic carbocycles. The first-order valence-electron chi connectivity index (χ1n) is 8.26. The fourth-order valence-electron chi connectivity index (χ4n) is 3.66. The molecule has 0 heterocycles. The van der Waals surface area contributed by atoms with Crippen molar-refractivity contribution in [1.82, 2.24) is 5.32 Å². The van der Waals surface area contributed by atoms with Crippen LogP contribution in [0.25, 0.3) is 0 Å². The summed E-state index contributed by atoms with van der Waals surface area (Å²) in [5.74, 6) is -0.159. The average molecular weight is 293 g/mol. The molecule has 21 heavy (non-hydrogen) atoms. The van der Waals surface area contributed by atoms with E-state index in [1.807, 2.05) is 13.1 Å². The second-order valence-corrected chi connectivity index (χ2v) is 6.09. The maximum atomic E-state index is 13.4. The molecule has 0 saturated heterocycles. The summed E-state index contributed by atoms with van der Waals surface area (Å²) in [6.07, 6.45) is 8.05. The Morgan fingerprint density at radius 1 is 1.24 bits per heavy atom. The van der Waals surface area contributed by atoms with Crippen LogP contribution in [0.1, 0.15) is 51.0 Å². The first kappa shape index (κ1) is 16.4. The van der Waals surface area contributed by atoms with Crippen LogP contribution in [0.5, 0.6) is 0 Å². The van der Waals surface area contributed by atoms with Gasteiger partial charge in [-0.3, -0.25) is 0 Å². The van der Waals surface area contributed by atoms with Crippen molar-refractivity contribution < 1.29 is 9.13 Å². The maximum absolute atomic E-state index is 13.4. The van der Waals surface area contributed by atoms with Crippen molar-refractivity contribution in [1.29, 1.82) is 0 Å². The highest BCUT2D eigenvalue weighted by Crippen LogP contribution is 2.34. The van der Waals surface area contributed by atoms with Gasteiger partial charge in [0.2, 0.25) is 0 Å². The molecule has 1 atom stereocenters. The zero-order chi connectivity index (χ0) is 15.1. The average Bonchev–Trinajstić information content (AvgIpc) is 2.72. The Kier molecular flexibility index (Phi) is 6.19. The van der Waals surface area contributed by atoms with Gasteiger partial charge >= 0.3 is 0 Å². The van der Waals surface area contributed by atoms with Crippen molar-refractivity contribution in [2.75, 3.05) is 13.7 Å². The molecule has 0 amide bonds. The molecule has 1 aliphatic carbocycles. The van der Waals surface area contributed by atoms with Crippen molar-refractivity contribution in [2.45, 2.75) is 63.5 Å². The minimum absolute atomic E-state index is 0.105. The topological polar surface area (TPSA) is 21.3 Å². The minimum atomic E-state index is -0.159. The van der Waals surface area contributed by atoms with E-state index >= 15 is 0 Å². The summed E-state index contributed by atoms with van der Waals surface area (Å²) < 4.78 is 19.7. The van der Waals surface area contributed by atoms with E-state index < -0.39 is 0 Å². The summed E-state index contributed by atoms with van der Waals surface area (Å²) in [6.45, 7) is 2.81. The van der Waals surface area contributed by atoms with Crippen LogP contribution in [-0.4, -0.2) is 25.3 Å². The monoisotopic (exact) mass is 293 g/mol. The lowest BCUT2D eigenvalue weighted by Gasteiger charge is -2.40. The molecule has 2 nitrogen and oxygen atoms in total. The second kappa shape index (κ2) is 7.90. The summed E-state index contributed by atoms with van der Waals surface area (Å²) in [5.41, 5.74) is 0.935. The standard InChI is InChI=1S/C18H28FNO/c1-3-21-18(11-6-4-5-7-12-18)17(20-2)14-15-9-8-10-16(19)13-15/h8-10,13,17,20H,3-7,11-12,14H2,1-2H3. The Labute approximate surface area is 128 Å². The van der Waals surface area contributed by atoms with E-state index in [1.165, 1.54) is 31.7 Å². The highest BCUT2D eigenvalue weighted by Gasteiger charge is 2.38. The van der Waals surface area contributed by atoms with Gasteiger partial charge in [-0.1, -0.05) is 37.8 Å². The fraction of sp³-hybridized carbons (Fsp3) is 0.667. The van der Waals surface area contributed by atoms with E-state index in [0.717, 1.165) is 31.4 Å². The van der Waals surface area contributed by atoms with Gasteiger partial charge < -0.3 is 10.1 Å². The van der Waals surface area contributed by atoms with E-state index in [9.17, 15) is 4.39 Å². The molecule has 1 unspecified atom stereocenters. The summed E-state index contributed by atoms with van der Waals surface area (Å²) >= 11 is 0. The Bertz CT molecular complexity index is 427. The van der Waals surface area contributed by atoms with Gasteiger partial charge in [-0.25, -0.2) is 4.39 Å². The smallest absolute Gasteiger partial charge is 0.123 e. The first-order chi connectivity index (χ1) is 10.2. The Hall–Kier alpha value is -0.930. The molecule has 0 bridgehead atoms. The quantitative estimate of drug-likeness (QED) is 0.798. The molecule has 0 aliphatic heterocycles. The normalized spacial score (nSPS) is 20.0. The number of nitrogens with one attached hydrogen (secondary N) is 1. The maximum Gasteiger partial charge on any atom is 0.123 e. The van der Waals surface area contributed by atoms with Crippen molar-refractivity contribution in [3.8, 4) is 0 Å². The van der Waals surface area contributed by atoms with E-state index in [0.29, 0.717) is 0 Å². The predicted octanol–water partition coefficient (Wildman–Crippen LogP) is 4.09. The van der Waals surface area contributed by atoms with Crippen LogP contribution in [0.3, 0.4) is 0 Å². The third-order valence-electron chi connectivity index (χ3n) is 4.69. The lowest BCUT2D eigenvalue weighted by molar-refractivity contribution is -0.0752. The van der Waals surface area contributed by atoms with Gasteiger partial charge in [-0.05, 0) is 50.9 Å². The highest BCUT2D eigenvalue weighted by molar-refractivity contribution is 5.18. The van der Waals surface area contributed by atoms with E-state index in [-0.39, 0.29) is 17.5 Å². The Balaban J connectivity index is 2.18. The first-order valence-corrected chi connectivity index (χ1v) is 8.26. The summed E-state index contributed by atoms with van der Waals surface area (Å²) in [7, 11) is 2.00.